The molecule has 1 amide bonds. The van der Waals surface area contributed by atoms with Crippen LogP contribution in [-0.4, -0.2) is 60.5 Å². The predicted octanol–water partition coefficient (Wildman–Crippen LogP) is 5.27. The largest absolute Gasteiger partial charge is 0.416 e. The van der Waals surface area contributed by atoms with Gasteiger partial charge in [-0.1, -0.05) is 25.1 Å². The van der Waals surface area contributed by atoms with Crippen molar-refractivity contribution in [3.63, 3.8) is 0 Å². The Bertz CT molecular complexity index is 1260. The summed E-state index contributed by atoms with van der Waals surface area (Å²) < 4.78 is 56.0. The first-order chi connectivity index (χ1) is 18.1. The molecule has 0 aliphatic carbocycles. The zero-order valence-electron chi connectivity index (χ0n) is 21.4. The number of piperazine rings is 1. The van der Waals surface area contributed by atoms with Crippen LogP contribution in [0.25, 0.3) is 11.1 Å². The number of benzene rings is 2. The lowest BCUT2D eigenvalue weighted by atomic mass is 10.0. The Morgan fingerprint density at radius 1 is 1.00 bits per heavy atom. The smallest absolute Gasteiger partial charge is 0.374 e. The standard InChI is InChI=1S/C28H31F4N5O/c1-3-22-7-4-20(16-33-22)19-6-9-26(25(29)14-19)34-17-27(38)35-23-8-5-21(24(15-23)28(30,31)32)18-37-12-10-36(2)11-13-37/h4-9,14-16,34H,3,10-13,17-18H2,1-2H3,(H,35,38). The molecule has 0 radical (unpaired) electrons. The Hall–Kier alpha value is -3.50. The molecule has 1 aromatic heterocycles. The molecular weight excluding hydrogens is 498 g/mol. The zero-order chi connectivity index (χ0) is 27.3. The minimum atomic E-state index is -4.56. The molecule has 0 saturated carbocycles. The Labute approximate surface area is 219 Å². The number of aryl methyl sites for hydroxylation is 1. The number of alkyl halides is 3. The van der Waals surface area contributed by atoms with E-state index in [-0.39, 0.29) is 30.0 Å². The number of hydrogen-bond acceptors (Lipinski definition) is 5. The number of carbonyl (C=O) groups is 1. The summed E-state index contributed by atoms with van der Waals surface area (Å²) in [5.41, 5.74) is 1.88. The minimum Gasteiger partial charge on any atom is -0.374 e. The van der Waals surface area contributed by atoms with Gasteiger partial charge in [-0.15, -0.1) is 0 Å². The number of aromatic nitrogens is 1. The lowest BCUT2D eigenvalue weighted by molar-refractivity contribution is -0.138. The van der Waals surface area contributed by atoms with Crippen molar-refractivity contribution in [3.8, 4) is 11.1 Å². The maximum Gasteiger partial charge on any atom is 0.416 e. The molecular formula is C28H31F4N5O. The highest BCUT2D eigenvalue weighted by molar-refractivity contribution is 5.94. The summed E-state index contributed by atoms with van der Waals surface area (Å²) >= 11 is 0. The number of carbonyl (C=O) groups excluding carboxylic acids is 1. The highest BCUT2D eigenvalue weighted by Gasteiger charge is 2.34. The molecule has 202 valence electrons. The summed E-state index contributed by atoms with van der Waals surface area (Å²) in [6.07, 6.45) is -2.07. The van der Waals surface area contributed by atoms with Crippen LogP contribution in [0.2, 0.25) is 0 Å². The number of hydrogen-bond donors (Lipinski definition) is 2. The monoisotopic (exact) mass is 529 g/mol. The number of likely N-dealkylation sites (N-methyl/N-ethyl adjacent to an activating group) is 1. The molecule has 0 atom stereocenters. The van der Waals surface area contributed by atoms with Crippen molar-refractivity contribution in [2.45, 2.75) is 26.1 Å². The van der Waals surface area contributed by atoms with Gasteiger partial charge in [-0.3, -0.25) is 14.7 Å². The first kappa shape index (κ1) is 27.5. The third-order valence-corrected chi connectivity index (χ3v) is 6.62. The van der Waals surface area contributed by atoms with Gasteiger partial charge in [0.2, 0.25) is 5.91 Å². The Kier molecular flexibility index (Phi) is 8.63. The molecule has 0 bridgehead atoms. The number of amides is 1. The molecule has 2 N–H and O–H groups in total. The summed E-state index contributed by atoms with van der Waals surface area (Å²) in [7, 11) is 1.98. The SMILES string of the molecule is CCc1ccc(-c2ccc(NCC(=O)Nc3ccc(CN4CCN(C)CC4)c(C(F)(F)F)c3)c(F)c2)cn1. The van der Waals surface area contributed by atoms with Crippen LogP contribution in [0.1, 0.15) is 23.7 Å². The van der Waals surface area contributed by atoms with Crippen LogP contribution in [0.15, 0.2) is 54.7 Å². The van der Waals surface area contributed by atoms with Gasteiger partial charge < -0.3 is 15.5 Å². The molecule has 0 unspecified atom stereocenters. The van der Waals surface area contributed by atoms with E-state index in [1.807, 2.05) is 31.0 Å². The van der Waals surface area contributed by atoms with E-state index in [0.29, 0.717) is 18.7 Å². The van der Waals surface area contributed by atoms with E-state index in [9.17, 15) is 22.4 Å². The second kappa shape index (κ2) is 11.9. The summed E-state index contributed by atoms with van der Waals surface area (Å²) in [4.78, 5) is 20.9. The fraction of sp³-hybridized carbons (Fsp3) is 0.357. The molecule has 1 fully saturated rings. The van der Waals surface area contributed by atoms with Gasteiger partial charge in [0.25, 0.3) is 0 Å². The van der Waals surface area contributed by atoms with Crippen LogP contribution in [0.4, 0.5) is 28.9 Å². The lowest BCUT2D eigenvalue weighted by Crippen LogP contribution is -2.44. The first-order valence-corrected chi connectivity index (χ1v) is 12.5. The van der Waals surface area contributed by atoms with E-state index in [4.69, 9.17) is 0 Å². The van der Waals surface area contributed by atoms with Crippen molar-refractivity contribution < 1.29 is 22.4 Å². The van der Waals surface area contributed by atoms with Crippen LogP contribution < -0.4 is 10.6 Å². The summed E-state index contributed by atoms with van der Waals surface area (Å²) in [5, 5.41) is 5.18. The van der Waals surface area contributed by atoms with E-state index in [0.717, 1.165) is 36.8 Å². The fourth-order valence-electron chi connectivity index (χ4n) is 4.33. The van der Waals surface area contributed by atoms with Gasteiger partial charge in [0, 0.05) is 55.9 Å². The van der Waals surface area contributed by atoms with E-state index in [1.165, 1.54) is 24.3 Å². The van der Waals surface area contributed by atoms with Crippen LogP contribution in [0, 0.1) is 5.82 Å². The highest BCUT2D eigenvalue weighted by atomic mass is 19.4. The van der Waals surface area contributed by atoms with Crippen LogP contribution >= 0.6 is 0 Å². The van der Waals surface area contributed by atoms with E-state index >= 15 is 0 Å². The van der Waals surface area contributed by atoms with Crippen molar-refractivity contribution in [1.82, 2.24) is 14.8 Å². The van der Waals surface area contributed by atoms with E-state index < -0.39 is 23.5 Å². The molecule has 3 aromatic rings. The molecule has 2 heterocycles. The number of pyridine rings is 1. The van der Waals surface area contributed by atoms with Gasteiger partial charge >= 0.3 is 6.18 Å². The first-order valence-electron chi connectivity index (χ1n) is 12.5. The molecule has 38 heavy (non-hydrogen) atoms. The molecule has 6 nitrogen and oxygen atoms in total. The molecule has 1 aliphatic heterocycles. The third kappa shape index (κ3) is 7.08. The van der Waals surface area contributed by atoms with Crippen molar-refractivity contribution in [2.24, 2.45) is 0 Å². The third-order valence-electron chi connectivity index (χ3n) is 6.62. The van der Waals surface area contributed by atoms with Gasteiger partial charge in [0.05, 0.1) is 17.8 Å². The lowest BCUT2D eigenvalue weighted by Gasteiger charge is -2.33. The number of rotatable bonds is 8. The molecule has 10 heteroatoms. The predicted molar refractivity (Wildman–Crippen MR) is 140 cm³/mol. The Balaban J connectivity index is 1.38. The number of halogens is 4. The Morgan fingerprint density at radius 2 is 1.74 bits per heavy atom. The molecule has 0 spiro atoms. The second-order valence-electron chi connectivity index (χ2n) is 9.44. The second-order valence-corrected chi connectivity index (χ2v) is 9.44. The Morgan fingerprint density at radius 3 is 2.37 bits per heavy atom. The van der Waals surface area contributed by atoms with Crippen LogP contribution in [0.3, 0.4) is 0 Å². The quantitative estimate of drug-likeness (QED) is 0.390. The molecule has 1 aliphatic rings. The highest BCUT2D eigenvalue weighted by Crippen LogP contribution is 2.34. The fourth-order valence-corrected chi connectivity index (χ4v) is 4.33. The molecule has 4 rings (SSSR count). The van der Waals surface area contributed by atoms with Gasteiger partial charge in [-0.2, -0.15) is 13.2 Å². The maximum absolute atomic E-state index is 14.7. The minimum absolute atomic E-state index is 0.0325. The van der Waals surface area contributed by atoms with Gasteiger partial charge in [0.1, 0.15) is 5.82 Å². The summed E-state index contributed by atoms with van der Waals surface area (Å²) in [5.74, 6) is -1.14. The molecule has 2 aromatic carbocycles. The van der Waals surface area contributed by atoms with Crippen molar-refractivity contribution in [2.75, 3.05) is 50.4 Å². The summed E-state index contributed by atoms with van der Waals surface area (Å²) in [6.45, 7) is 4.86. The number of nitrogens with zero attached hydrogens (tertiary/aromatic N) is 3. The molecule has 1 saturated heterocycles. The average molecular weight is 530 g/mol. The zero-order valence-corrected chi connectivity index (χ0v) is 21.4. The average Bonchev–Trinajstić information content (AvgIpc) is 2.89. The van der Waals surface area contributed by atoms with Gasteiger partial charge in [0.15, 0.2) is 0 Å². The van der Waals surface area contributed by atoms with E-state index in [2.05, 4.69) is 20.5 Å². The topological polar surface area (TPSA) is 60.5 Å². The van der Waals surface area contributed by atoms with Crippen LogP contribution in [-0.2, 0) is 23.9 Å². The van der Waals surface area contributed by atoms with Crippen molar-refractivity contribution >= 4 is 17.3 Å². The van der Waals surface area contributed by atoms with Gasteiger partial charge in [-0.25, -0.2) is 4.39 Å². The number of anilines is 2. The van der Waals surface area contributed by atoms with Crippen molar-refractivity contribution in [1.29, 1.82) is 0 Å². The normalized spacial score (nSPS) is 14.9. The maximum atomic E-state index is 14.7. The summed E-state index contributed by atoms with van der Waals surface area (Å²) in [6, 6.07) is 12.1. The van der Waals surface area contributed by atoms with Crippen molar-refractivity contribution in [3.05, 3.63) is 77.4 Å². The van der Waals surface area contributed by atoms with Crippen LogP contribution in [0.5, 0.6) is 0 Å². The van der Waals surface area contributed by atoms with E-state index in [1.54, 1.807) is 12.3 Å². The van der Waals surface area contributed by atoms with Gasteiger partial charge in [-0.05, 0) is 54.9 Å². The number of nitrogens with one attached hydrogen (secondary N) is 2.